The molecule has 0 radical (unpaired) electrons. The highest BCUT2D eigenvalue weighted by Crippen LogP contribution is 2.33. The molecule has 2 aliphatic heterocycles. The maximum absolute atomic E-state index is 11.5. The number of carbonyl (C=O) groups is 1. The van der Waals surface area contributed by atoms with E-state index in [1.54, 1.807) is 11.2 Å². The number of ether oxygens (including phenoxy) is 2. The zero-order valence-corrected chi connectivity index (χ0v) is 13.6. The van der Waals surface area contributed by atoms with Gasteiger partial charge in [-0.2, -0.15) is 0 Å². The lowest BCUT2D eigenvalue weighted by molar-refractivity contribution is -0.0888. The summed E-state index contributed by atoms with van der Waals surface area (Å²) in [6.07, 6.45) is 3.66. The summed E-state index contributed by atoms with van der Waals surface area (Å²) in [5.41, 5.74) is 5.02. The van der Waals surface area contributed by atoms with Gasteiger partial charge in [0.15, 0.2) is 0 Å². The van der Waals surface area contributed by atoms with Crippen LogP contribution in [0.5, 0.6) is 0 Å². The van der Waals surface area contributed by atoms with E-state index in [0.29, 0.717) is 26.3 Å². The molecule has 1 aromatic heterocycles. The minimum Gasteiger partial charge on any atom is -0.468 e. The summed E-state index contributed by atoms with van der Waals surface area (Å²) in [6.45, 7) is 3.65. The smallest absolute Gasteiger partial charge is 0.314 e. The maximum atomic E-state index is 11.5. The van der Waals surface area contributed by atoms with Crippen molar-refractivity contribution in [2.24, 2.45) is 5.73 Å². The topological polar surface area (TPSA) is 81.2 Å². The van der Waals surface area contributed by atoms with Crippen LogP contribution in [0.15, 0.2) is 22.8 Å². The van der Waals surface area contributed by atoms with Gasteiger partial charge in [0, 0.05) is 13.1 Å². The Morgan fingerprint density at radius 1 is 1.57 bits per heavy atom. The number of likely N-dealkylation sites (N-methyl/N-ethyl adjacent to an activating group) is 1. The Kier molecular flexibility index (Phi) is 4.89. The Bertz CT molecular complexity index is 521. The van der Waals surface area contributed by atoms with Crippen LogP contribution in [0, 0.1) is 0 Å². The zero-order chi connectivity index (χ0) is 16.3. The molecule has 2 amide bonds. The van der Waals surface area contributed by atoms with Crippen molar-refractivity contribution in [3.05, 3.63) is 24.2 Å². The highest BCUT2D eigenvalue weighted by atomic mass is 16.6. The minimum atomic E-state index is -0.415. The van der Waals surface area contributed by atoms with Crippen molar-refractivity contribution in [3.8, 4) is 0 Å². The molecule has 0 aliphatic carbocycles. The first-order chi connectivity index (χ1) is 11.1. The summed E-state index contributed by atoms with van der Waals surface area (Å²) in [7, 11) is 2.05. The first-order valence-corrected chi connectivity index (χ1v) is 8.07. The third-order valence-corrected chi connectivity index (χ3v) is 4.52. The molecule has 7 nitrogen and oxygen atoms in total. The second-order valence-corrected chi connectivity index (χ2v) is 6.55. The lowest BCUT2D eigenvalue weighted by Crippen LogP contribution is -2.48. The fourth-order valence-corrected chi connectivity index (χ4v) is 3.42. The van der Waals surface area contributed by atoms with Gasteiger partial charge in [-0.3, -0.25) is 4.90 Å². The number of hydrogen-bond donors (Lipinski definition) is 1. The van der Waals surface area contributed by atoms with Crippen LogP contribution in [-0.2, 0) is 16.0 Å². The van der Waals surface area contributed by atoms with Gasteiger partial charge in [0.05, 0.1) is 38.7 Å². The third kappa shape index (κ3) is 4.04. The number of nitrogens with two attached hydrogens (primary N) is 1. The van der Waals surface area contributed by atoms with Crippen LogP contribution in [0.25, 0.3) is 0 Å². The predicted molar refractivity (Wildman–Crippen MR) is 83.9 cm³/mol. The van der Waals surface area contributed by atoms with Gasteiger partial charge in [-0.05, 0) is 32.0 Å². The average Bonchev–Trinajstić information content (AvgIpc) is 3.07. The molecule has 128 valence electrons. The zero-order valence-electron chi connectivity index (χ0n) is 13.6. The van der Waals surface area contributed by atoms with E-state index >= 15 is 0 Å². The van der Waals surface area contributed by atoms with Crippen LogP contribution in [0.3, 0.4) is 0 Å². The van der Waals surface area contributed by atoms with E-state index in [4.69, 9.17) is 19.6 Å². The average molecular weight is 323 g/mol. The molecule has 2 atom stereocenters. The Balaban J connectivity index is 1.55. The lowest BCUT2D eigenvalue weighted by Gasteiger charge is -2.31. The molecule has 23 heavy (non-hydrogen) atoms. The van der Waals surface area contributed by atoms with E-state index in [1.165, 1.54) is 0 Å². The molecule has 3 heterocycles. The van der Waals surface area contributed by atoms with Crippen LogP contribution >= 0.6 is 0 Å². The number of rotatable bonds is 4. The molecule has 2 aliphatic rings. The normalized spacial score (nSPS) is 28.4. The van der Waals surface area contributed by atoms with Gasteiger partial charge in [-0.25, -0.2) is 4.79 Å². The second kappa shape index (κ2) is 6.90. The van der Waals surface area contributed by atoms with Gasteiger partial charge in [-0.1, -0.05) is 0 Å². The van der Waals surface area contributed by atoms with Crippen molar-refractivity contribution >= 4 is 6.03 Å². The molecular formula is C16H25N3O4. The molecule has 0 aromatic carbocycles. The number of primary amides is 1. The Morgan fingerprint density at radius 2 is 2.43 bits per heavy atom. The van der Waals surface area contributed by atoms with E-state index in [-0.39, 0.29) is 6.10 Å². The van der Waals surface area contributed by atoms with Crippen LogP contribution < -0.4 is 5.73 Å². The summed E-state index contributed by atoms with van der Waals surface area (Å²) < 4.78 is 17.3. The van der Waals surface area contributed by atoms with Crippen LogP contribution in [0.2, 0.25) is 0 Å². The number of nitrogens with zero attached hydrogens (tertiary/aromatic N) is 2. The molecule has 2 N–H and O–H groups in total. The number of furan rings is 1. The van der Waals surface area contributed by atoms with Gasteiger partial charge >= 0.3 is 6.03 Å². The Labute approximate surface area is 136 Å². The summed E-state index contributed by atoms with van der Waals surface area (Å²) in [5.74, 6) is 0.943. The van der Waals surface area contributed by atoms with Gasteiger partial charge < -0.3 is 24.5 Å². The van der Waals surface area contributed by atoms with Crippen LogP contribution in [0.4, 0.5) is 4.79 Å². The van der Waals surface area contributed by atoms with Gasteiger partial charge in [-0.15, -0.1) is 0 Å². The minimum absolute atomic E-state index is 0.131. The molecule has 2 fully saturated rings. The highest BCUT2D eigenvalue weighted by Gasteiger charge is 2.43. The molecule has 0 saturated carbocycles. The summed E-state index contributed by atoms with van der Waals surface area (Å²) >= 11 is 0. The van der Waals surface area contributed by atoms with Crippen molar-refractivity contribution < 1.29 is 18.7 Å². The van der Waals surface area contributed by atoms with E-state index in [0.717, 1.165) is 31.7 Å². The van der Waals surface area contributed by atoms with Crippen LogP contribution in [-0.4, -0.2) is 67.4 Å². The van der Waals surface area contributed by atoms with E-state index in [2.05, 4.69) is 11.9 Å². The lowest BCUT2D eigenvalue weighted by atomic mass is 10.00. The highest BCUT2D eigenvalue weighted by molar-refractivity contribution is 5.72. The predicted octanol–water partition coefficient (Wildman–Crippen LogP) is 1.04. The Hall–Kier alpha value is -1.57. The summed E-state index contributed by atoms with van der Waals surface area (Å²) in [6, 6.07) is 3.46. The van der Waals surface area contributed by atoms with Crippen LogP contribution in [0.1, 0.15) is 18.6 Å². The number of amides is 2. The fraction of sp³-hybridized carbons (Fsp3) is 0.688. The molecule has 7 heteroatoms. The van der Waals surface area contributed by atoms with Gasteiger partial charge in [0.2, 0.25) is 0 Å². The molecule has 0 unspecified atom stereocenters. The summed E-state index contributed by atoms with van der Waals surface area (Å²) in [5, 5.41) is 0. The quantitative estimate of drug-likeness (QED) is 0.895. The van der Waals surface area contributed by atoms with E-state index < -0.39 is 11.6 Å². The number of hydrogen-bond acceptors (Lipinski definition) is 5. The molecule has 2 saturated heterocycles. The third-order valence-electron chi connectivity index (χ3n) is 4.52. The van der Waals surface area contributed by atoms with E-state index in [9.17, 15) is 4.79 Å². The maximum Gasteiger partial charge on any atom is 0.314 e. The summed E-state index contributed by atoms with van der Waals surface area (Å²) in [4.78, 5) is 15.3. The van der Waals surface area contributed by atoms with Crippen molar-refractivity contribution in [1.29, 1.82) is 0 Å². The largest absolute Gasteiger partial charge is 0.468 e. The van der Waals surface area contributed by atoms with Crippen molar-refractivity contribution in [3.63, 3.8) is 0 Å². The first kappa shape index (κ1) is 16.3. The fourth-order valence-electron chi connectivity index (χ4n) is 3.42. The van der Waals surface area contributed by atoms with Gasteiger partial charge in [0.25, 0.3) is 0 Å². The standard InChI is InChI=1S/C16H25N3O4/c1-18(9-13-3-2-7-22-13)10-14-4-5-16(23-14)11-19(15(17)20)6-8-21-12-16/h2-3,7,14H,4-6,8-12H2,1H3,(H2,17,20)/t14-,16+/m0/s1. The molecule has 1 spiro atoms. The van der Waals surface area contributed by atoms with Gasteiger partial charge in [0.1, 0.15) is 11.4 Å². The monoisotopic (exact) mass is 323 g/mol. The SMILES string of the molecule is CN(Cc1ccco1)C[C@@H]1CC[C@@]2(COCCN(C(N)=O)C2)O1. The van der Waals surface area contributed by atoms with Crippen molar-refractivity contribution in [1.82, 2.24) is 9.80 Å². The number of urea groups is 1. The second-order valence-electron chi connectivity index (χ2n) is 6.55. The molecular weight excluding hydrogens is 298 g/mol. The Morgan fingerprint density at radius 3 is 3.17 bits per heavy atom. The molecule has 1 aromatic rings. The van der Waals surface area contributed by atoms with Crippen molar-refractivity contribution in [2.45, 2.75) is 31.1 Å². The number of carbonyl (C=O) groups excluding carboxylic acids is 1. The first-order valence-electron chi connectivity index (χ1n) is 8.07. The van der Waals surface area contributed by atoms with Crippen molar-refractivity contribution in [2.75, 3.05) is 39.9 Å². The molecule has 3 rings (SSSR count). The van der Waals surface area contributed by atoms with E-state index in [1.807, 2.05) is 12.1 Å². The molecule has 0 bridgehead atoms.